The molecule has 0 fully saturated rings. The van der Waals surface area contributed by atoms with Gasteiger partial charge in [0.15, 0.2) is 5.82 Å². The summed E-state index contributed by atoms with van der Waals surface area (Å²) in [4.78, 5) is 29.5. The molecule has 6 heteroatoms. The van der Waals surface area contributed by atoms with Crippen LogP contribution in [0.2, 0.25) is 0 Å². The van der Waals surface area contributed by atoms with Gasteiger partial charge in [-0.15, -0.1) is 0 Å². The number of nitrogens with one attached hydrogen (secondary N) is 1. The molecule has 0 saturated carbocycles. The number of hydrogen-bond acceptors (Lipinski definition) is 5. The van der Waals surface area contributed by atoms with Crippen LogP contribution in [-0.4, -0.2) is 39.4 Å². The van der Waals surface area contributed by atoms with Crippen molar-refractivity contribution in [2.45, 2.75) is 13.0 Å². The fraction of sp³-hybridized carbons (Fsp3) is 0.143. The predicted molar refractivity (Wildman–Crippen MR) is 135 cm³/mol. The molecule has 0 unspecified atom stereocenters. The van der Waals surface area contributed by atoms with Crippen molar-refractivity contribution in [1.82, 2.24) is 19.9 Å². The molecule has 1 aliphatic rings. The van der Waals surface area contributed by atoms with Gasteiger partial charge >= 0.3 is 0 Å². The average Bonchev–Trinajstić information content (AvgIpc) is 2.91. The first-order valence-electron chi connectivity index (χ1n) is 11.4. The molecule has 34 heavy (non-hydrogen) atoms. The molecule has 6 nitrogen and oxygen atoms in total. The number of pyridine rings is 1. The highest BCUT2D eigenvalue weighted by Gasteiger charge is 2.26. The minimum Gasteiger partial charge on any atom is -0.373 e. The molecule has 1 amide bonds. The number of rotatable bonds is 3. The summed E-state index contributed by atoms with van der Waals surface area (Å²) in [7, 11) is 1.87. The number of nitrogens with zero attached hydrogens (tertiary/aromatic N) is 4. The van der Waals surface area contributed by atoms with Crippen LogP contribution in [0.25, 0.3) is 33.1 Å². The van der Waals surface area contributed by atoms with Crippen molar-refractivity contribution in [2.75, 3.05) is 18.9 Å². The van der Waals surface area contributed by atoms with Crippen LogP contribution < -0.4 is 5.32 Å². The number of para-hydroxylation sites is 1. The minimum atomic E-state index is 0.0231. The third-order valence-corrected chi connectivity index (χ3v) is 6.43. The lowest BCUT2D eigenvalue weighted by Crippen LogP contribution is -2.37. The molecule has 0 spiro atoms. The fourth-order valence-corrected chi connectivity index (χ4v) is 4.64. The van der Waals surface area contributed by atoms with Gasteiger partial charge < -0.3 is 10.2 Å². The number of fused-ring (bicyclic) bond motifs is 3. The highest BCUT2D eigenvalue weighted by Crippen LogP contribution is 2.29. The molecule has 1 N–H and O–H groups in total. The Kier molecular flexibility index (Phi) is 4.91. The second kappa shape index (κ2) is 8.23. The van der Waals surface area contributed by atoms with Crippen LogP contribution in [0, 0.1) is 0 Å². The van der Waals surface area contributed by atoms with Crippen LogP contribution in [0.4, 0.5) is 5.82 Å². The van der Waals surface area contributed by atoms with Gasteiger partial charge in [-0.2, -0.15) is 0 Å². The molecule has 166 valence electrons. The lowest BCUT2D eigenvalue weighted by atomic mass is 10.0. The molecule has 5 aromatic rings. The zero-order valence-electron chi connectivity index (χ0n) is 18.8. The van der Waals surface area contributed by atoms with E-state index in [1.165, 1.54) is 0 Å². The second-order valence-corrected chi connectivity index (χ2v) is 8.53. The van der Waals surface area contributed by atoms with Gasteiger partial charge in [0.25, 0.3) is 5.91 Å². The Labute approximate surface area is 197 Å². The number of aromatic nitrogens is 3. The summed E-state index contributed by atoms with van der Waals surface area (Å²) < 4.78 is 0. The highest BCUT2D eigenvalue weighted by atomic mass is 16.2. The molecule has 6 rings (SSSR count). The summed E-state index contributed by atoms with van der Waals surface area (Å²) in [6.07, 6.45) is 2.52. The van der Waals surface area contributed by atoms with Crippen LogP contribution in [0.15, 0.2) is 79.0 Å². The third kappa shape index (κ3) is 3.53. The van der Waals surface area contributed by atoms with Gasteiger partial charge in [0.2, 0.25) is 0 Å². The lowest BCUT2D eigenvalue weighted by Gasteiger charge is -2.29. The summed E-state index contributed by atoms with van der Waals surface area (Å²) in [5.41, 5.74) is 4.44. The lowest BCUT2D eigenvalue weighted by molar-refractivity contribution is 0.0732. The first-order valence-corrected chi connectivity index (χ1v) is 11.4. The SMILES string of the molecule is CNc1nc(-c2cnc3ccccc3c2)nc2c1CCN(C(=O)c1ccc3ccccc3c1)C2. The first-order chi connectivity index (χ1) is 16.7. The highest BCUT2D eigenvalue weighted by molar-refractivity contribution is 5.98. The van der Waals surface area contributed by atoms with E-state index in [0.717, 1.165) is 44.3 Å². The molecule has 0 radical (unpaired) electrons. The number of hydrogen-bond donors (Lipinski definition) is 1. The monoisotopic (exact) mass is 445 g/mol. The van der Waals surface area contributed by atoms with Crippen LogP contribution >= 0.6 is 0 Å². The van der Waals surface area contributed by atoms with Crippen molar-refractivity contribution >= 4 is 33.4 Å². The molecule has 2 aromatic heterocycles. The van der Waals surface area contributed by atoms with Gasteiger partial charge in [-0.25, -0.2) is 9.97 Å². The summed E-state index contributed by atoms with van der Waals surface area (Å²) in [6.45, 7) is 1.08. The molecule has 0 bridgehead atoms. The molecule has 1 aliphatic heterocycles. The summed E-state index contributed by atoms with van der Waals surface area (Å²) in [5, 5.41) is 6.46. The van der Waals surface area contributed by atoms with Crippen molar-refractivity contribution < 1.29 is 4.79 Å². The molecule has 0 saturated heterocycles. The first kappa shape index (κ1) is 20.3. The van der Waals surface area contributed by atoms with E-state index in [1.807, 2.05) is 78.8 Å². The van der Waals surface area contributed by atoms with E-state index in [4.69, 9.17) is 9.97 Å². The third-order valence-electron chi connectivity index (χ3n) is 6.43. The predicted octanol–water partition coefficient (Wildman–Crippen LogP) is 5.09. The minimum absolute atomic E-state index is 0.0231. The Morgan fingerprint density at radius 3 is 2.56 bits per heavy atom. The number of carbonyl (C=O) groups is 1. The zero-order chi connectivity index (χ0) is 23.1. The number of benzene rings is 3. The Morgan fingerprint density at radius 1 is 0.912 bits per heavy atom. The van der Waals surface area contributed by atoms with Crippen molar-refractivity contribution in [3.8, 4) is 11.4 Å². The average molecular weight is 446 g/mol. The number of anilines is 1. The largest absolute Gasteiger partial charge is 0.373 e. The van der Waals surface area contributed by atoms with Gasteiger partial charge in [0, 0.05) is 41.9 Å². The summed E-state index contributed by atoms with van der Waals surface area (Å²) >= 11 is 0. The maximum atomic E-state index is 13.4. The Bertz CT molecular complexity index is 1560. The molecule has 3 aromatic carbocycles. The van der Waals surface area contributed by atoms with E-state index in [9.17, 15) is 4.79 Å². The standard InChI is InChI=1S/C28H23N5O/c1-29-27-23-12-13-33(28(34)21-11-10-18-6-2-3-7-19(18)14-21)17-25(23)31-26(32-27)22-15-20-8-4-5-9-24(20)30-16-22/h2-11,14-16H,12-13,17H2,1H3,(H,29,31,32). The molecular weight excluding hydrogens is 422 g/mol. The van der Waals surface area contributed by atoms with Gasteiger partial charge in [0.1, 0.15) is 5.82 Å². The zero-order valence-corrected chi connectivity index (χ0v) is 18.8. The van der Waals surface area contributed by atoms with Crippen LogP contribution in [-0.2, 0) is 13.0 Å². The normalized spacial score (nSPS) is 13.1. The van der Waals surface area contributed by atoms with E-state index in [-0.39, 0.29) is 5.91 Å². The van der Waals surface area contributed by atoms with Gasteiger partial charge in [-0.1, -0.05) is 48.5 Å². The maximum Gasteiger partial charge on any atom is 0.254 e. The Morgan fingerprint density at radius 2 is 1.71 bits per heavy atom. The molecule has 0 aliphatic carbocycles. The van der Waals surface area contributed by atoms with E-state index in [2.05, 4.69) is 22.4 Å². The molecular formula is C28H23N5O. The quantitative estimate of drug-likeness (QED) is 0.419. The van der Waals surface area contributed by atoms with Crippen LogP contribution in [0.3, 0.4) is 0 Å². The summed E-state index contributed by atoms with van der Waals surface area (Å²) in [5.74, 6) is 1.45. The summed E-state index contributed by atoms with van der Waals surface area (Å²) in [6, 6.07) is 24.0. The van der Waals surface area contributed by atoms with Gasteiger partial charge in [-0.3, -0.25) is 9.78 Å². The Hall–Kier alpha value is -4.32. The number of carbonyl (C=O) groups excluding carboxylic acids is 1. The number of amides is 1. The smallest absolute Gasteiger partial charge is 0.254 e. The van der Waals surface area contributed by atoms with Crippen LogP contribution in [0.5, 0.6) is 0 Å². The topological polar surface area (TPSA) is 71.0 Å². The maximum absolute atomic E-state index is 13.4. The van der Waals surface area contributed by atoms with E-state index in [0.29, 0.717) is 30.9 Å². The second-order valence-electron chi connectivity index (χ2n) is 8.53. The van der Waals surface area contributed by atoms with Crippen LogP contribution in [0.1, 0.15) is 21.6 Å². The van der Waals surface area contributed by atoms with Gasteiger partial charge in [-0.05, 0) is 41.5 Å². The van der Waals surface area contributed by atoms with Crippen molar-refractivity contribution in [3.05, 3.63) is 95.8 Å². The molecule has 3 heterocycles. The van der Waals surface area contributed by atoms with E-state index < -0.39 is 0 Å². The van der Waals surface area contributed by atoms with E-state index >= 15 is 0 Å². The fourth-order valence-electron chi connectivity index (χ4n) is 4.64. The van der Waals surface area contributed by atoms with Crippen molar-refractivity contribution in [3.63, 3.8) is 0 Å². The van der Waals surface area contributed by atoms with Gasteiger partial charge in [0.05, 0.1) is 17.8 Å². The van der Waals surface area contributed by atoms with Crippen molar-refractivity contribution in [2.24, 2.45) is 0 Å². The van der Waals surface area contributed by atoms with Crippen molar-refractivity contribution in [1.29, 1.82) is 0 Å². The van der Waals surface area contributed by atoms with E-state index in [1.54, 1.807) is 0 Å². The molecule has 0 atom stereocenters. The Balaban J connectivity index is 1.35.